The molecule has 3 amide bonds. The van der Waals surface area contributed by atoms with Gasteiger partial charge in [0.05, 0.1) is 6.61 Å². The summed E-state index contributed by atoms with van der Waals surface area (Å²) in [5.41, 5.74) is 0. The predicted molar refractivity (Wildman–Crippen MR) is 114 cm³/mol. The summed E-state index contributed by atoms with van der Waals surface area (Å²) in [6.45, 7) is 6.68. The van der Waals surface area contributed by atoms with Gasteiger partial charge in [0, 0.05) is 58.8 Å². The van der Waals surface area contributed by atoms with Crippen molar-refractivity contribution in [1.82, 2.24) is 25.3 Å². The Morgan fingerprint density at radius 2 is 1.60 bits per heavy atom. The molecule has 0 radical (unpaired) electrons. The van der Waals surface area contributed by atoms with Crippen molar-refractivity contribution in [1.29, 1.82) is 0 Å². The molecule has 1 unspecified atom stereocenters. The van der Waals surface area contributed by atoms with E-state index in [0.29, 0.717) is 38.6 Å². The molecule has 2 aliphatic rings. The van der Waals surface area contributed by atoms with Crippen molar-refractivity contribution in [3.8, 4) is 0 Å². The number of carbonyl (C=O) groups is 3. The van der Waals surface area contributed by atoms with Gasteiger partial charge in [0.25, 0.3) is 0 Å². The normalized spacial score (nSPS) is 20.1. The smallest absolute Gasteiger partial charge is 0.409 e. The zero-order valence-corrected chi connectivity index (χ0v) is 18.6. The number of hydrogen-bond donors (Lipinski definition) is 2. The molecule has 0 aromatic heterocycles. The molecule has 10 heteroatoms. The van der Waals surface area contributed by atoms with Gasteiger partial charge in [-0.15, -0.1) is 0 Å². The highest BCUT2D eigenvalue weighted by molar-refractivity contribution is 5.85. The number of guanidine groups is 1. The van der Waals surface area contributed by atoms with E-state index >= 15 is 0 Å². The Bertz CT molecular complexity index is 631. The maximum absolute atomic E-state index is 12.0. The average Bonchev–Trinajstić information content (AvgIpc) is 3.20. The number of aliphatic imine (C=N–C) groups is 1. The number of nitrogens with one attached hydrogen (secondary N) is 2. The fourth-order valence-corrected chi connectivity index (χ4v) is 3.56. The number of carbonyl (C=O) groups excluding carboxylic acids is 3. The van der Waals surface area contributed by atoms with Gasteiger partial charge in [0.1, 0.15) is 6.54 Å². The summed E-state index contributed by atoms with van der Waals surface area (Å²) in [6.07, 6.45) is 2.61. The lowest BCUT2D eigenvalue weighted by atomic mass is 10.1. The Morgan fingerprint density at radius 3 is 2.20 bits per heavy atom. The Balaban J connectivity index is 1.94. The van der Waals surface area contributed by atoms with Crippen molar-refractivity contribution in [3.63, 3.8) is 0 Å². The highest BCUT2D eigenvalue weighted by Crippen LogP contribution is 2.13. The molecule has 0 aliphatic carbocycles. The highest BCUT2D eigenvalue weighted by Gasteiger charge is 2.28. The maximum Gasteiger partial charge on any atom is 0.409 e. The summed E-state index contributed by atoms with van der Waals surface area (Å²) in [5, 5.41) is 6.80. The monoisotopic (exact) mass is 424 g/mol. The van der Waals surface area contributed by atoms with Crippen LogP contribution in [0.3, 0.4) is 0 Å². The summed E-state index contributed by atoms with van der Waals surface area (Å²) < 4.78 is 5.07. The fourth-order valence-electron chi connectivity index (χ4n) is 3.56. The lowest BCUT2D eigenvalue weighted by molar-refractivity contribution is -0.130. The van der Waals surface area contributed by atoms with Crippen LogP contribution in [0.25, 0.3) is 0 Å². The number of likely N-dealkylation sites (tertiary alicyclic amines) is 2. The molecule has 0 saturated carbocycles. The van der Waals surface area contributed by atoms with Crippen LogP contribution in [-0.2, 0) is 14.3 Å². The van der Waals surface area contributed by atoms with E-state index in [0.717, 1.165) is 25.8 Å². The van der Waals surface area contributed by atoms with Gasteiger partial charge in [-0.25, -0.2) is 9.79 Å². The van der Waals surface area contributed by atoms with E-state index in [9.17, 15) is 14.4 Å². The van der Waals surface area contributed by atoms with Crippen LogP contribution in [0.1, 0.15) is 39.5 Å². The molecule has 10 nitrogen and oxygen atoms in total. The standard InChI is InChI=1S/C20H36N6O4/c1-5-17(27)26-12-9-16(14-26)23-19(21-13-18(28)24(3)4)22-15-7-10-25(11-8-15)20(29)30-6-2/h15-16H,5-14H2,1-4H3,(H2,21,22,23). The van der Waals surface area contributed by atoms with Gasteiger partial charge in [-0.05, 0) is 26.2 Å². The lowest BCUT2D eigenvalue weighted by Crippen LogP contribution is -2.52. The van der Waals surface area contributed by atoms with E-state index in [1.54, 1.807) is 25.9 Å². The third-order valence-electron chi connectivity index (χ3n) is 5.42. The molecule has 2 saturated heterocycles. The zero-order chi connectivity index (χ0) is 22.1. The molecule has 2 fully saturated rings. The summed E-state index contributed by atoms with van der Waals surface area (Å²) in [5.74, 6) is 0.651. The minimum absolute atomic E-state index is 0.0499. The number of amides is 3. The van der Waals surface area contributed by atoms with E-state index in [1.165, 1.54) is 4.90 Å². The minimum atomic E-state index is -0.272. The van der Waals surface area contributed by atoms with Crippen LogP contribution in [-0.4, -0.2) is 104 Å². The third kappa shape index (κ3) is 7.07. The van der Waals surface area contributed by atoms with Gasteiger partial charge in [0.15, 0.2) is 5.96 Å². The summed E-state index contributed by atoms with van der Waals surface area (Å²) >= 11 is 0. The molecule has 30 heavy (non-hydrogen) atoms. The molecule has 170 valence electrons. The fraction of sp³-hybridized carbons (Fsp3) is 0.800. The van der Waals surface area contributed by atoms with Crippen molar-refractivity contribution in [2.45, 2.75) is 51.6 Å². The van der Waals surface area contributed by atoms with Gasteiger partial charge in [-0.3, -0.25) is 9.59 Å². The number of rotatable bonds is 6. The molecule has 2 aliphatic heterocycles. The average molecular weight is 425 g/mol. The van der Waals surface area contributed by atoms with Gasteiger partial charge < -0.3 is 30.1 Å². The van der Waals surface area contributed by atoms with Crippen molar-refractivity contribution in [2.24, 2.45) is 4.99 Å². The first-order chi connectivity index (χ1) is 14.3. The van der Waals surface area contributed by atoms with E-state index in [1.807, 2.05) is 11.8 Å². The lowest BCUT2D eigenvalue weighted by Gasteiger charge is -2.32. The highest BCUT2D eigenvalue weighted by atomic mass is 16.6. The molecule has 0 aromatic rings. The number of hydrogen-bond acceptors (Lipinski definition) is 5. The summed E-state index contributed by atoms with van der Waals surface area (Å²) in [7, 11) is 3.41. The van der Waals surface area contributed by atoms with E-state index < -0.39 is 0 Å². The van der Waals surface area contributed by atoms with Crippen molar-refractivity contribution in [2.75, 3.05) is 53.4 Å². The predicted octanol–water partition coefficient (Wildman–Crippen LogP) is 0.242. The molecule has 0 spiro atoms. The number of likely N-dealkylation sites (N-methyl/N-ethyl adjacent to an activating group) is 1. The van der Waals surface area contributed by atoms with E-state index in [4.69, 9.17) is 4.74 Å². The zero-order valence-electron chi connectivity index (χ0n) is 18.6. The first-order valence-electron chi connectivity index (χ1n) is 10.8. The Labute approximate surface area is 179 Å². The van der Waals surface area contributed by atoms with Crippen LogP contribution >= 0.6 is 0 Å². The molecule has 0 bridgehead atoms. The third-order valence-corrected chi connectivity index (χ3v) is 5.42. The van der Waals surface area contributed by atoms with Crippen LogP contribution in [0.5, 0.6) is 0 Å². The summed E-state index contributed by atoms with van der Waals surface area (Å²) in [4.78, 5) is 45.4. The van der Waals surface area contributed by atoms with Gasteiger partial charge in [-0.1, -0.05) is 6.92 Å². The van der Waals surface area contributed by atoms with Gasteiger partial charge in [-0.2, -0.15) is 0 Å². The molecular weight excluding hydrogens is 388 g/mol. The molecule has 2 heterocycles. The molecular formula is C20H36N6O4. The molecule has 1 atom stereocenters. The number of ether oxygens (including phenoxy) is 1. The van der Waals surface area contributed by atoms with Crippen molar-refractivity contribution >= 4 is 23.9 Å². The second-order valence-corrected chi connectivity index (χ2v) is 7.88. The van der Waals surface area contributed by atoms with Crippen LogP contribution in [0.2, 0.25) is 0 Å². The molecule has 2 N–H and O–H groups in total. The van der Waals surface area contributed by atoms with Gasteiger partial charge in [0.2, 0.25) is 11.8 Å². The Hall–Kier alpha value is -2.52. The van der Waals surface area contributed by atoms with Crippen molar-refractivity contribution < 1.29 is 19.1 Å². The topological polar surface area (TPSA) is 107 Å². The largest absolute Gasteiger partial charge is 0.450 e. The van der Waals surface area contributed by atoms with E-state index in [-0.39, 0.29) is 36.5 Å². The summed E-state index contributed by atoms with van der Waals surface area (Å²) in [6, 6.07) is 0.243. The van der Waals surface area contributed by atoms with Crippen LogP contribution in [0.4, 0.5) is 4.79 Å². The molecule has 0 aromatic carbocycles. The Morgan fingerprint density at radius 1 is 1.00 bits per heavy atom. The first kappa shape index (κ1) is 23.8. The first-order valence-corrected chi connectivity index (χ1v) is 10.8. The minimum Gasteiger partial charge on any atom is -0.450 e. The van der Waals surface area contributed by atoms with Crippen LogP contribution in [0, 0.1) is 0 Å². The maximum atomic E-state index is 12.0. The Kier molecular flexibility index (Phi) is 9.19. The number of nitrogens with zero attached hydrogens (tertiary/aromatic N) is 4. The van der Waals surface area contributed by atoms with Crippen molar-refractivity contribution in [3.05, 3.63) is 0 Å². The SMILES string of the molecule is CCOC(=O)N1CCC(NC(=NCC(=O)N(C)C)NC2CCN(C(=O)CC)C2)CC1. The number of piperidine rings is 1. The van der Waals surface area contributed by atoms with E-state index in [2.05, 4.69) is 15.6 Å². The quantitative estimate of drug-likeness (QED) is 0.467. The van der Waals surface area contributed by atoms with Crippen LogP contribution in [0.15, 0.2) is 4.99 Å². The second-order valence-electron chi connectivity index (χ2n) is 7.88. The molecule has 2 rings (SSSR count). The van der Waals surface area contributed by atoms with Crippen LogP contribution < -0.4 is 10.6 Å². The van der Waals surface area contributed by atoms with Gasteiger partial charge >= 0.3 is 6.09 Å². The second kappa shape index (κ2) is 11.6.